The normalized spacial score (nSPS) is 12.5. The molecule has 0 aliphatic heterocycles. The molecule has 0 amide bonds. The predicted molar refractivity (Wildman–Crippen MR) is 46.8 cm³/mol. The number of quaternary nitrogens is 1. The van der Waals surface area contributed by atoms with Crippen LogP contribution in [0.2, 0.25) is 0 Å². The predicted octanol–water partition coefficient (Wildman–Crippen LogP) is 1.51. The van der Waals surface area contributed by atoms with Crippen molar-refractivity contribution in [2.75, 3.05) is 41.9 Å². The lowest BCUT2D eigenvalue weighted by atomic mass is 10.3. The summed E-state index contributed by atoms with van der Waals surface area (Å²) in [5.41, 5.74) is 0. The minimum absolute atomic E-state index is 1.01. The molecular weight excluding hydrogens is 187 g/mol. The lowest BCUT2D eigenvalue weighted by Gasteiger charge is -2.27. The second-order valence-corrected chi connectivity index (χ2v) is 4.01. The molecule has 0 saturated carbocycles. The van der Waals surface area contributed by atoms with Crippen molar-refractivity contribution in [1.29, 1.82) is 0 Å². The number of nitrogens with zero attached hydrogens (tertiary/aromatic N) is 2. The second-order valence-electron chi connectivity index (χ2n) is 4.01. The van der Waals surface area contributed by atoms with Crippen molar-refractivity contribution in [3.05, 3.63) is 0 Å². The third kappa shape index (κ3) is 49.8. The van der Waals surface area contributed by atoms with Crippen molar-refractivity contribution in [3.63, 3.8) is 0 Å². The van der Waals surface area contributed by atoms with Crippen molar-refractivity contribution in [1.82, 2.24) is 4.90 Å². The molecule has 0 aromatic rings. The highest BCUT2D eigenvalue weighted by Crippen LogP contribution is 2.06. The molecule has 0 bridgehead atoms. The van der Waals surface area contributed by atoms with Gasteiger partial charge in [0.1, 0.15) is 6.67 Å². The zero-order valence-corrected chi connectivity index (χ0v) is 8.69. The summed E-state index contributed by atoms with van der Waals surface area (Å²) in [5.74, 6) is 0. The second kappa shape index (κ2) is 5.44. The van der Waals surface area contributed by atoms with Crippen molar-refractivity contribution < 1.29 is 21.7 Å². The first-order chi connectivity index (χ1) is 5.42. The highest BCUT2D eigenvalue weighted by atomic mass is 19.5. The van der Waals surface area contributed by atoms with E-state index in [-0.39, 0.29) is 0 Å². The van der Waals surface area contributed by atoms with Crippen molar-refractivity contribution in [2.45, 2.75) is 0 Å². The van der Waals surface area contributed by atoms with Crippen LogP contribution < -0.4 is 0 Å². The van der Waals surface area contributed by atoms with E-state index in [1.165, 1.54) is 0 Å². The Hall–Kier alpha value is -0.295. The van der Waals surface area contributed by atoms with E-state index in [1.54, 1.807) is 0 Å². The van der Waals surface area contributed by atoms with E-state index in [0.29, 0.717) is 0 Å². The minimum Gasteiger partial charge on any atom is -0.418 e. The van der Waals surface area contributed by atoms with Crippen LogP contribution in [0.25, 0.3) is 0 Å². The van der Waals surface area contributed by atoms with Gasteiger partial charge in [-0.15, -0.1) is 0 Å². The fourth-order valence-corrected chi connectivity index (χ4v) is 0.849. The Morgan fingerprint density at radius 2 is 1.23 bits per heavy atom. The summed E-state index contributed by atoms with van der Waals surface area (Å²) in [6.07, 6.45) is 0. The third-order valence-corrected chi connectivity index (χ3v) is 0.707. The fourth-order valence-electron chi connectivity index (χ4n) is 0.849. The molecular formula is C6H17BF4N2. The van der Waals surface area contributed by atoms with Gasteiger partial charge in [-0.1, -0.05) is 0 Å². The van der Waals surface area contributed by atoms with Gasteiger partial charge in [0.05, 0.1) is 21.1 Å². The summed E-state index contributed by atoms with van der Waals surface area (Å²) in [6.45, 7) is 1.10. The van der Waals surface area contributed by atoms with Crippen molar-refractivity contribution in [2.24, 2.45) is 0 Å². The van der Waals surface area contributed by atoms with Crippen LogP contribution in [0.15, 0.2) is 0 Å². The molecule has 0 unspecified atom stereocenters. The first-order valence-corrected chi connectivity index (χ1v) is 3.74. The molecule has 0 fully saturated rings. The minimum atomic E-state index is -6.00. The van der Waals surface area contributed by atoms with Gasteiger partial charge >= 0.3 is 7.25 Å². The lowest BCUT2D eigenvalue weighted by Crippen LogP contribution is -2.42. The highest BCUT2D eigenvalue weighted by molar-refractivity contribution is 6.50. The molecule has 0 aliphatic rings. The number of hydrogen-bond acceptors (Lipinski definition) is 1. The maximum Gasteiger partial charge on any atom is 0.673 e. The first kappa shape index (κ1) is 15.2. The number of hydrogen-bond donors (Lipinski definition) is 0. The van der Waals surface area contributed by atoms with E-state index < -0.39 is 7.25 Å². The topological polar surface area (TPSA) is 3.24 Å². The van der Waals surface area contributed by atoms with Crippen LogP contribution in [0.3, 0.4) is 0 Å². The zero-order valence-electron chi connectivity index (χ0n) is 8.69. The van der Waals surface area contributed by atoms with E-state index in [1.807, 2.05) is 0 Å². The highest BCUT2D eigenvalue weighted by Gasteiger charge is 2.20. The monoisotopic (exact) mass is 204 g/mol. The molecule has 0 heterocycles. The van der Waals surface area contributed by atoms with Crippen molar-refractivity contribution >= 4 is 7.25 Å². The molecule has 2 nitrogen and oxygen atoms in total. The van der Waals surface area contributed by atoms with Crippen LogP contribution in [0.4, 0.5) is 17.3 Å². The van der Waals surface area contributed by atoms with Gasteiger partial charge in [0.15, 0.2) is 0 Å². The maximum atomic E-state index is 9.75. The molecule has 0 N–H and O–H groups in total. The molecule has 0 spiro atoms. The van der Waals surface area contributed by atoms with Gasteiger partial charge in [-0.25, -0.2) is 0 Å². The van der Waals surface area contributed by atoms with E-state index in [4.69, 9.17) is 0 Å². The van der Waals surface area contributed by atoms with Gasteiger partial charge < -0.3 is 21.7 Å². The smallest absolute Gasteiger partial charge is 0.418 e. The van der Waals surface area contributed by atoms with Gasteiger partial charge in [-0.3, -0.25) is 4.90 Å². The molecule has 82 valence electrons. The molecule has 7 heteroatoms. The summed E-state index contributed by atoms with van der Waals surface area (Å²) in [5, 5.41) is 0. The summed E-state index contributed by atoms with van der Waals surface area (Å²) in [6, 6.07) is 0. The van der Waals surface area contributed by atoms with Gasteiger partial charge in [0.25, 0.3) is 0 Å². The van der Waals surface area contributed by atoms with Crippen LogP contribution in [-0.2, 0) is 0 Å². The Morgan fingerprint density at radius 3 is 1.23 bits per heavy atom. The zero-order chi connectivity index (χ0) is 11.3. The molecule has 0 aliphatic carbocycles. The SMILES string of the molecule is CN(C)C[N+](C)(C)C.F[B-](F)(F)F. The van der Waals surface area contributed by atoms with Crippen LogP contribution in [0.1, 0.15) is 0 Å². The van der Waals surface area contributed by atoms with Gasteiger partial charge in [-0.05, 0) is 14.1 Å². The molecule has 0 rings (SSSR count). The number of rotatable bonds is 2. The molecule has 0 atom stereocenters. The Kier molecular flexibility index (Phi) is 6.35. The molecule has 0 aromatic carbocycles. The van der Waals surface area contributed by atoms with E-state index >= 15 is 0 Å². The summed E-state index contributed by atoms with van der Waals surface area (Å²) < 4.78 is 40.0. The summed E-state index contributed by atoms with van der Waals surface area (Å²) in [7, 11) is 4.72. The third-order valence-electron chi connectivity index (χ3n) is 0.707. The Balaban J connectivity index is 0. The Morgan fingerprint density at radius 1 is 1.00 bits per heavy atom. The van der Waals surface area contributed by atoms with E-state index in [0.717, 1.165) is 11.2 Å². The van der Waals surface area contributed by atoms with Gasteiger partial charge in [0, 0.05) is 0 Å². The van der Waals surface area contributed by atoms with E-state index in [9.17, 15) is 17.3 Å². The summed E-state index contributed by atoms with van der Waals surface area (Å²) in [4.78, 5) is 2.18. The van der Waals surface area contributed by atoms with Gasteiger partial charge in [0.2, 0.25) is 0 Å². The fraction of sp³-hybridized carbons (Fsp3) is 1.00. The van der Waals surface area contributed by atoms with Crippen LogP contribution >= 0.6 is 0 Å². The quantitative estimate of drug-likeness (QED) is 0.285. The Bertz CT molecular complexity index is 124. The molecule has 0 saturated heterocycles. The average molecular weight is 204 g/mol. The van der Waals surface area contributed by atoms with Crippen LogP contribution in [-0.4, -0.2) is 58.5 Å². The van der Waals surface area contributed by atoms with Crippen LogP contribution in [0, 0.1) is 0 Å². The average Bonchev–Trinajstić information content (AvgIpc) is 1.47. The van der Waals surface area contributed by atoms with Crippen molar-refractivity contribution in [3.8, 4) is 0 Å². The summed E-state index contributed by atoms with van der Waals surface area (Å²) >= 11 is 0. The largest absolute Gasteiger partial charge is 0.673 e. The molecule has 0 aromatic heterocycles. The molecule has 0 radical (unpaired) electrons. The lowest BCUT2D eigenvalue weighted by molar-refractivity contribution is -0.880. The Labute approximate surface area is 76.8 Å². The molecule has 13 heavy (non-hydrogen) atoms. The van der Waals surface area contributed by atoms with Crippen LogP contribution in [0.5, 0.6) is 0 Å². The van der Waals surface area contributed by atoms with E-state index in [2.05, 4.69) is 40.1 Å². The first-order valence-electron chi connectivity index (χ1n) is 3.74. The number of halogens is 4. The van der Waals surface area contributed by atoms with Gasteiger partial charge in [-0.2, -0.15) is 0 Å². The maximum absolute atomic E-state index is 9.75. The standard InChI is InChI=1S/C6H17N2.BF4/c1-7(2)6-8(3,4)5;2-1(3,4)5/h6H2,1-5H3;/q+1;-1.